The van der Waals surface area contributed by atoms with Crippen molar-refractivity contribution in [3.05, 3.63) is 26.8 Å². The zero-order valence-electron chi connectivity index (χ0n) is 8.59. The molecule has 0 aromatic heterocycles. The summed E-state index contributed by atoms with van der Waals surface area (Å²) in [6.45, 7) is -1.25. The van der Waals surface area contributed by atoms with Gasteiger partial charge >= 0.3 is 12.6 Å². The maximum Gasteiger partial charge on any atom is 0.387 e. The van der Waals surface area contributed by atoms with Crippen LogP contribution in [0.2, 0.25) is 0 Å². The molecule has 1 aromatic carbocycles. The number of carbonyl (C=O) groups is 1. The Labute approximate surface area is 105 Å². The number of methoxy groups -OCH3 is 1. The molecule has 1 rings (SSSR count). The standard InChI is InChI=1S/C10H9F2IO3/c1-5-3-8(16-10(11)12)7(13)4-6(5)9(14)15-2/h3-4,10H,1-2H3. The van der Waals surface area contributed by atoms with E-state index in [1.165, 1.54) is 19.2 Å². The van der Waals surface area contributed by atoms with E-state index in [2.05, 4.69) is 9.47 Å². The van der Waals surface area contributed by atoms with Gasteiger partial charge in [0.05, 0.1) is 16.2 Å². The maximum atomic E-state index is 12.0. The van der Waals surface area contributed by atoms with Crippen LogP contribution >= 0.6 is 22.6 Å². The normalized spacial score (nSPS) is 10.4. The minimum Gasteiger partial charge on any atom is -0.465 e. The molecule has 0 heterocycles. The fourth-order valence-corrected chi connectivity index (χ4v) is 1.77. The first-order valence-corrected chi connectivity index (χ1v) is 5.37. The van der Waals surface area contributed by atoms with Crippen LogP contribution in [0.5, 0.6) is 5.75 Å². The van der Waals surface area contributed by atoms with E-state index < -0.39 is 12.6 Å². The maximum absolute atomic E-state index is 12.0. The zero-order chi connectivity index (χ0) is 12.3. The summed E-state index contributed by atoms with van der Waals surface area (Å²) in [4.78, 5) is 11.3. The summed E-state index contributed by atoms with van der Waals surface area (Å²) < 4.78 is 33.4. The third-order valence-electron chi connectivity index (χ3n) is 1.90. The van der Waals surface area contributed by atoms with Crippen LogP contribution in [-0.4, -0.2) is 19.7 Å². The topological polar surface area (TPSA) is 35.5 Å². The van der Waals surface area contributed by atoms with Gasteiger partial charge in [-0.1, -0.05) is 0 Å². The van der Waals surface area contributed by atoms with Crippen molar-refractivity contribution in [3.63, 3.8) is 0 Å². The van der Waals surface area contributed by atoms with Gasteiger partial charge in [0.15, 0.2) is 0 Å². The van der Waals surface area contributed by atoms with Gasteiger partial charge in [-0.15, -0.1) is 0 Å². The van der Waals surface area contributed by atoms with E-state index in [1.54, 1.807) is 6.92 Å². The van der Waals surface area contributed by atoms with E-state index in [9.17, 15) is 13.6 Å². The smallest absolute Gasteiger partial charge is 0.387 e. The number of hydrogen-bond acceptors (Lipinski definition) is 3. The number of alkyl halides is 2. The molecule has 0 saturated carbocycles. The van der Waals surface area contributed by atoms with Crippen LogP contribution in [0.4, 0.5) is 8.78 Å². The molecule has 0 unspecified atom stereocenters. The van der Waals surface area contributed by atoms with Gasteiger partial charge in [-0.05, 0) is 47.2 Å². The van der Waals surface area contributed by atoms with Gasteiger partial charge in [0.25, 0.3) is 0 Å². The van der Waals surface area contributed by atoms with Crippen LogP contribution in [0.15, 0.2) is 12.1 Å². The molecule has 0 radical (unpaired) electrons. The van der Waals surface area contributed by atoms with Crippen LogP contribution in [0.25, 0.3) is 0 Å². The third kappa shape index (κ3) is 3.03. The number of esters is 1. The number of ether oxygens (including phenoxy) is 2. The van der Waals surface area contributed by atoms with Crippen molar-refractivity contribution in [2.24, 2.45) is 0 Å². The summed E-state index contributed by atoms with van der Waals surface area (Å²) in [5.74, 6) is -0.445. The summed E-state index contributed by atoms with van der Waals surface area (Å²) in [5, 5.41) is 0. The molecular weight excluding hydrogens is 333 g/mol. The van der Waals surface area contributed by atoms with Crippen molar-refractivity contribution in [3.8, 4) is 5.75 Å². The highest BCUT2D eigenvalue weighted by molar-refractivity contribution is 14.1. The van der Waals surface area contributed by atoms with Gasteiger partial charge in [0.1, 0.15) is 5.75 Å². The molecular formula is C10H9F2IO3. The summed E-state index contributed by atoms with van der Waals surface area (Å²) in [6, 6.07) is 2.85. The predicted molar refractivity (Wildman–Crippen MR) is 61.9 cm³/mol. The van der Waals surface area contributed by atoms with E-state index >= 15 is 0 Å². The van der Waals surface area contributed by atoms with Crippen LogP contribution < -0.4 is 4.74 Å². The van der Waals surface area contributed by atoms with Gasteiger partial charge in [-0.3, -0.25) is 0 Å². The fraction of sp³-hybridized carbons (Fsp3) is 0.300. The highest BCUT2D eigenvalue weighted by Crippen LogP contribution is 2.26. The van der Waals surface area contributed by atoms with Crippen LogP contribution in [-0.2, 0) is 4.74 Å². The van der Waals surface area contributed by atoms with Crippen molar-refractivity contribution in [2.45, 2.75) is 13.5 Å². The monoisotopic (exact) mass is 342 g/mol. The van der Waals surface area contributed by atoms with Crippen molar-refractivity contribution < 1.29 is 23.0 Å². The molecule has 0 fully saturated rings. The average Bonchev–Trinajstić information content (AvgIpc) is 2.21. The minimum absolute atomic E-state index is 0.0563. The summed E-state index contributed by atoms with van der Waals surface area (Å²) >= 11 is 1.82. The van der Waals surface area contributed by atoms with Gasteiger partial charge in [-0.25, -0.2) is 4.79 Å². The first kappa shape index (κ1) is 13.1. The summed E-state index contributed by atoms with van der Waals surface area (Å²) in [5.41, 5.74) is 0.872. The molecule has 0 aliphatic heterocycles. The first-order chi connectivity index (χ1) is 7.45. The van der Waals surface area contributed by atoms with Crippen molar-refractivity contribution in [1.29, 1.82) is 0 Å². The van der Waals surface area contributed by atoms with Crippen LogP contribution in [0.1, 0.15) is 15.9 Å². The van der Waals surface area contributed by atoms with Gasteiger partial charge < -0.3 is 9.47 Å². The predicted octanol–water partition coefficient (Wildman–Crippen LogP) is 2.99. The molecule has 0 saturated heterocycles. The number of aryl methyl sites for hydroxylation is 1. The number of benzene rings is 1. The molecule has 1 aromatic rings. The highest BCUT2D eigenvalue weighted by atomic mass is 127. The van der Waals surface area contributed by atoms with E-state index in [-0.39, 0.29) is 5.75 Å². The van der Waals surface area contributed by atoms with E-state index in [1.807, 2.05) is 22.6 Å². The number of halogens is 3. The lowest BCUT2D eigenvalue weighted by molar-refractivity contribution is -0.0504. The molecule has 0 aliphatic carbocycles. The molecule has 0 amide bonds. The SMILES string of the molecule is COC(=O)c1cc(I)c(OC(F)F)cc1C. The Kier molecular flexibility index (Phi) is 4.45. The second-order valence-electron chi connectivity index (χ2n) is 2.97. The van der Waals surface area contributed by atoms with Gasteiger partial charge in [0.2, 0.25) is 0 Å². The number of hydrogen-bond donors (Lipinski definition) is 0. The minimum atomic E-state index is -2.88. The lowest BCUT2D eigenvalue weighted by atomic mass is 10.1. The molecule has 16 heavy (non-hydrogen) atoms. The largest absolute Gasteiger partial charge is 0.465 e. The zero-order valence-corrected chi connectivity index (χ0v) is 10.7. The molecule has 0 aliphatic rings. The quantitative estimate of drug-likeness (QED) is 0.626. The first-order valence-electron chi connectivity index (χ1n) is 4.29. The van der Waals surface area contributed by atoms with Gasteiger partial charge in [0, 0.05) is 0 Å². The van der Waals surface area contributed by atoms with Crippen LogP contribution in [0.3, 0.4) is 0 Å². The molecule has 0 bridgehead atoms. The molecule has 3 nitrogen and oxygen atoms in total. The number of carbonyl (C=O) groups excluding carboxylic acids is 1. The summed E-state index contributed by atoms with van der Waals surface area (Å²) in [7, 11) is 1.26. The molecule has 0 spiro atoms. The molecule has 0 N–H and O–H groups in total. The Hall–Kier alpha value is -0.920. The summed E-state index contributed by atoms with van der Waals surface area (Å²) in [6.07, 6.45) is 0. The molecule has 88 valence electrons. The van der Waals surface area contributed by atoms with Crippen molar-refractivity contribution >= 4 is 28.6 Å². The second-order valence-corrected chi connectivity index (χ2v) is 4.13. The van der Waals surface area contributed by atoms with Crippen molar-refractivity contribution in [2.75, 3.05) is 7.11 Å². The lowest BCUT2D eigenvalue weighted by Gasteiger charge is -2.10. The number of rotatable bonds is 3. The van der Waals surface area contributed by atoms with Gasteiger partial charge in [-0.2, -0.15) is 8.78 Å². The second kappa shape index (κ2) is 5.42. The van der Waals surface area contributed by atoms with E-state index in [0.29, 0.717) is 14.7 Å². The Bertz CT molecular complexity index is 407. The Morgan fingerprint density at radius 2 is 2.06 bits per heavy atom. The Morgan fingerprint density at radius 1 is 1.44 bits per heavy atom. The Balaban J connectivity index is 3.11. The third-order valence-corrected chi connectivity index (χ3v) is 2.74. The van der Waals surface area contributed by atoms with E-state index in [0.717, 1.165) is 0 Å². The lowest BCUT2D eigenvalue weighted by Crippen LogP contribution is -2.08. The van der Waals surface area contributed by atoms with E-state index in [4.69, 9.17) is 0 Å². The van der Waals surface area contributed by atoms with Crippen LogP contribution in [0, 0.1) is 10.5 Å². The fourth-order valence-electron chi connectivity index (χ4n) is 1.17. The van der Waals surface area contributed by atoms with Crippen molar-refractivity contribution in [1.82, 2.24) is 0 Å². The average molecular weight is 342 g/mol. The molecule has 6 heteroatoms. The Morgan fingerprint density at radius 3 is 2.56 bits per heavy atom. The molecule has 0 atom stereocenters. The highest BCUT2D eigenvalue weighted by Gasteiger charge is 2.15.